The molecule has 4 aliphatic carbocycles. The number of aromatic nitrogens is 2. The molecule has 0 bridgehead atoms. The van der Waals surface area contributed by atoms with Crippen LogP contribution in [0.1, 0.15) is 99.2 Å². The number of hydrogen-bond donors (Lipinski definition) is 1. The number of nitrogens with zero attached hydrogens (tertiary/aromatic N) is 2. The summed E-state index contributed by atoms with van der Waals surface area (Å²) in [4.78, 5) is 29.7. The molecule has 2 spiro atoms. The van der Waals surface area contributed by atoms with Crippen LogP contribution in [0.3, 0.4) is 0 Å². The molecule has 0 aliphatic heterocycles. The maximum absolute atomic E-state index is 12.3. The van der Waals surface area contributed by atoms with Crippen LogP contribution in [0, 0.1) is 10.8 Å². The molecular weight excluding hydrogens is 705 g/mol. The summed E-state index contributed by atoms with van der Waals surface area (Å²) >= 11 is 7.01. The lowest BCUT2D eigenvalue weighted by molar-refractivity contribution is -0.192. The van der Waals surface area contributed by atoms with E-state index in [4.69, 9.17) is 9.90 Å². The van der Waals surface area contributed by atoms with Crippen LogP contribution >= 0.6 is 31.9 Å². The highest BCUT2D eigenvalue weighted by atomic mass is 79.9. The van der Waals surface area contributed by atoms with Crippen LogP contribution in [0.5, 0.6) is 0 Å². The molecule has 0 radical (unpaired) electrons. The van der Waals surface area contributed by atoms with Crippen LogP contribution in [-0.4, -0.2) is 41.8 Å². The molecule has 0 saturated heterocycles. The smallest absolute Gasteiger partial charge is 0.475 e. The minimum Gasteiger partial charge on any atom is -0.475 e. The number of Topliss-reactive ketones (excluding diaryl/α,β-unsaturated/α-hetero) is 1. The largest absolute Gasteiger partial charge is 0.490 e. The van der Waals surface area contributed by atoms with Gasteiger partial charge in [-0.3, -0.25) is 4.79 Å². The van der Waals surface area contributed by atoms with Crippen molar-refractivity contribution < 1.29 is 27.9 Å². The van der Waals surface area contributed by atoms with E-state index < -0.39 is 12.1 Å². The normalized spacial score (nSPS) is 18.8. The van der Waals surface area contributed by atoms with Crippen LogP contribution in [0.15, 0.2) is 33.7 Å². The number of pyridine rings is 2. The first-order valence-electron chi connectivity index (χ1n) is 15.4. The number of aliphatic carboxylic acids is 1. The maximum Gasteiger partial charge on any atom is 0.490 e. The quantitative estimate of drug-likeness (QED) is 0.250. The second-order valence-electron chi connectivity index (χ2n) is 12.3. The minimum absolute atomic E-state index is 0.0616. The molecule has 5 nitrogen and oxygen atoms in total. The molecule has 43 heavy (non-hydrogen) atoms. The average Bonchev–Trinajstić information content (AvgIpc) is 3.76. The first-order valence-corrected chi connectivity index (χ1v) is 19.5. The van der Waals surface area contributed by atoms with Crippen LogP contribution in [0.4, 0.5) is 13.2 Å². The van der Waals surface area contributed by atoms with E-state index in [1.54, 1.807) is 6.20 Å². The van der Waals surface area contributed by atoms with E-state index in [1.165, 1.54) is 80.6 Å². The first-order chi connectivity index (χ1) is 20.3. The molecule has 2 saturated carbocycles. The van der Waals surface area contributed by atoms with Gasteiger partial charge in [-0.15, -0.1) is 0 Å². The maximum atomic E-state index is 12.3. The lowest BCUT2D eigenvalue weighted by Gasteiger charge is -2.21. The Morgan fingerprint density at radius 2 is 1.35 bits per heavy atom. The molecule has 2 aromatic heterocycles. The Hall–Kier alpha value is -1.59. The summed E-state index contributed by atoms with van der Waals surface area (Å²) in [5, 5.41) is 7.12. The van der Waals surface area contributed by atoms with Gasteiger partial charge in [0.2, 0.25) is 0 Å². The molecule has 2 fully saturated rings. The van der Waals surface area contributed by atoms with Gasteiger partial charge in [-0.25, -0.2) is 14.8 Å². The molecule has 1 N–H and O–H groups in total. The molecule has 0 amide bonds. The summed E-state index contributed by atoms with van der Waals surface area (Å²) in [7, 11) is -0.171. The van der Waals surface area contributed by atoms with Gasteiger partial charge in [0.05, 0.1) is 0 Å². The lowest BCUT2D eigenvalue weighted by Crippen LogP contribution is -2.23. The van der Waals surface area contributed by atoms with Crippen molar-refractivity contribution in [3.63, 3.8) is 0 Å². The fourth-order valence-electron chi connectivity index (χ4n) is 7.05. The number of carbonyl (C=O) groups is 2. The molecular formula is C32H43Br2F3N2O3Si. The van der Waals surface area contributed by atoms with Gasteiger partial charge in [-0.2, -0.15) is 13.2 Å². The molecule has 0 atom stereocenters. The zero-order chi connectivity index (χ0) is 31.8. The van der Waals surface area contributed by atoms with Crippen LogP contribution in [-0.2, 0) is 24.1 Å². The predicted octanol–water partition coefficient (Wildman–Crippen LogP) is 9.55. The number of rotatable bonds is 3. The van der Waals surface area contributed by atoms with Crippen LogP contribution in [0.25, 0.3) is 0 Å². The number of carboxylic acid groups (broad SMARTS) is 1. The molecule has 6 rings (SSSR count). The van der Waals surface area contributed by atoms with Crippen molar-refractivity contribution in [3.8, 4) is 0 Å². The molecule has 0 aromatic carbocycles. The third-order valence-corrected chi connectivity index (χ3v) is 14.5. The Morgan fingerprint density at radius 3 is 1.79 bits per heavy atom. The predicted molar refractivity (Wildman–Crippen MR) is 173 cm³/mol. The molecule has 238 valence electrons. The third-order valence-electron chi connectivity index (χ3n) is 9.66. The van der Waals surface area contributed by atoms with Crippen molar-refractivity contribution in [2.24, 2.45) is 10.8 Å². The Bertz CT molecular complexity index is 1250. The zero-order valence-corrected chi connectivity index (χ0v) is 29.7. The zero-order valence-electron chi connectivity index (χ0n) is 25.3. The fourth-order valence-corrected chi connectivity index (χ4v) is 9.77. The number of ketones is 1. The topological polar surface area (TPSA) is 80.1 Å². The van der Waals surface area contributed by atoms with Gasteiger partial charge in [0.15, 0.2) is 5.78 Å². The number of fused-ring (bicyclic) bond motifs is 2. The van der Waals surface area contributed by atoms with Crippen molar-refractivity contribution >= 4 is 52.4 Å². The molecule has 2 heterocycles. The van der Waals surface area contributed by atoms with E-state index in [0.717, 1.165) is 39.6 Å². The first kappa shape index (κ1) is 35.9. The Balaban J connectivity index is 0.000000168. The second kappa shape index (κ2) is 15.6. The van der Waals surface area contributed by atoms with Gasteiger partial charge in [0.25, 0.3) is 0 Å². The summed E-state index contributed by atoms with van der Waals surface area (Å²) < 4.78 is 33.7. The van der Waals surface area contributed by atoms with Gasteiger partial charge in [-0.1, -0.05) is 64.6 Å². The van der Waals surface area contributed by atoms with Crippen molar-refractivity contribution in [1.29, 1.82) is 0 Å². The highest BCUT2D eigenvalue weighted by Crippen LogP contribution is 2.50. The summed E-state index contributed by atoms with van der Waals surface area (Å²) in [6.07, 6.45) is 12.2. The number of halogens is 5. The average molecular weight is 749 g/mol. The van der Waals surface area contributed by atoms with Gasteiger partial charge < -0.3 is 5.11 Å². The van der Waals surface area contributed by atoms with Crippen molar-refractivity contribution in [2.45, 2.75) is 116 Å². The standard InChI is InChI=1S/C12H12BrNO.C12H14BrN.C6H16Si.C2HF3O2/c13-11-9-7-12(4-1-2-5-12)10(15)8(9)3-6-14-11;13-11-10-8-12(4-1-2-5-12)7-9(10)3-6-14-11;1-4-7(5-2)6-3;3-2(4,5)1(6)7/h3,6H,1-2,4-5,7H2;3,6H,1-2,4-5,7-8H2;7H,4-6H2,1-3H3;(H,6,7). The molecule has 4 aliphatic rings. The van der Waals surface area contributed by atoms with Gasteiger partial charge in [0.1, 0.15) is 9.21 Å². The highest BCUT2D eigenvalue weighted by Gasteiger charge is 2.47. The van der Waals surface area contributed by atoms with E-state index in [9.17, 15) is 18.0 Å². The lowest BCUT2D eigenvalue weighted by atomic mass is 9.82. The van der Waals surface area contributed by atoms with Crippen LogP contribution in [0.2, 0.25) is 18.1 Å². The number of carboxylic acids is 1. The summed E-state index contributed by atoms with van der Waals surface area (Å²) in [5.74, 6) is -2.40. The van der Waals surface area contributed by atoms with E-state index in [1.807, 2.05) is 12.3 Å². The Kier molecular flexibility index (Phi) is 13.0. The monoisotopic (exact) mass is 746 g/mol. The Morgan fingerprint density at radius 1 is 0.860 bits per heavy atom. The van der Waals surface area contributed by atoms with Gasteiger partial charge in [0, 0.05) is 32.2 Å². The molecule has 11 heteroatoms. The number of carbonyl (C=O) groups excluding carboxylic acids is 1. The van der Waals surface area contributed by atoms with Crippen molar-refractivity contribution in [2.75, 3.05) is 0 Å². The van der Waals surface area contributed by atoms with Crippen LogP contribution < -0.4 is 0 Å². The Labute approximate surface area is 271 Å². The summed E-state index contributed by atoms with van der Waals surface area (Å²) in [5.41, 5.74) is 5.60. The number of alkyl halides is 3. The molecule has 0 unspecified atom stereocenters. The van der Waals surface area contributed by atoms with E-state index in [-0.39, 0.29) is 14.2 Å². The van der Waals surface area contributed by atoms with E-state index in [0.29, 0.717) is 11.2 Å². The van der Waals surface area contributed by atoms with E-state index in [2.05, 4.69) is 68.7 Å². The number of hydrogen-bond acceptors (Lipinski definition) is 4. The summed E-state index contributed by atoms with van der Waals surface area (Å²) in [6.45, 7) is 6.97. The highest BCUT2D eigenvalue weighted by molar-refractivity contribution is 9.10. The van der Waals surface area contributed by atoms with E-state index >= 15 is 0 Å². The van der Waals surface area contributed by atoms with Crippen molar-refractivity contribution in [3.05, 3.63) is 56.0 Å². The molecule has 2 aromatic rings. The minimum atomic E-state index is -5.08. The SMILES string of the molecule is Brc1nccc2c1CC1(CCCC1)C2.CC[SiH](CC)CC.O=C(O)C(F)(F)F.O=C1c2ccnc(Br)c2CC12CCCC2. The summed E-state index contributed by atoms with van der Waals surface area (Å²) in [6, 6.07) is 8.55. The van der Waals surface area contributed by atoms with Crippen molar-refractivity contribution in [1.82, 2.24) is 9.97 Å². The van der Waals surface area contributed by atoms with Gasteiger partial charge >= 0.3 is 12.1 Å². The fraction of sp³-hybridized carbons (Fsp3) is 0.625. The second-order valence-corrected chi connectivity index (χ2v) is 18.0. The third kappa shape index (κ3) is 8.99. The van der Waals surface area contributed by atoms with Gasteiger partial charge in [-0.05, 0) is 111 Å².